The van der Waals surface area contributed by atoms with Crippen LogP contribution in [0.2, 0.25) is 0 Å². The molecule has 0 spiro atoms. The van der Waals surface area contributed by atoms with Crippen LogP contribution in [0.5, 0.6) is 5.75 Å². The van der Waals surface area contributed by atoms with Crippen LogP contribution in [0.4, 0.5) is 0 Å². The first kappa shape index (κ1) is 16.3. The van der Waals surface area contributed by atoms with Crippen molar-refractivity contribution < 1.29 is 9.47 Å². The number of aryl methyl sites for hydroxylation is 1. The van der Waals surface area contributed by atoms with Crippen LogP contribution in [0.15, 0.2) is 18.2 Å². The van der Waals surface area contributed by atoms with Crippen LogP contribution in [0.1, 0.15) is 25.0 Å². The Morgan fingerprint density at radius 1 is 1.33 bits per heavy atom. The van der Waals surface area contributed by atoms with Crippen molar-refractivity contribution in [3.63, 3.8) is 0 Å². The molecule has 0 radical (unpaired) electrons. The Labute approximate surface area is 128 Å². The fraction of sp³-hybridized carbons (Fsp3) is 0.647. The molecule has 1 fully saturated rings. The summed E-state index contributed by atoms with van der Waals surface area (Å²) in [4.78, 5) is 2.43. The number of ether oxygens (including phenoxy) is 2. The first-order valence-electron chi connectivity index (χ1n) is 7.67. The second-order valence-electron chi connectivity index (χ2n) is 6.38. The Bertz CT molecular complexity index is 468. The maximum absolute atomic E-state index is 6.55. The molecule has 118 valence electrons. The van der Waals surface area contributed by atoms with Gasteiger partial charge in [-0.05, 0) is 38.8 Å². The molecule has 1 aliphatic rings. The smallest absolute Gasteiger partial charge is 0.122 e. The topological polar surface area (TPSA) is 47.7 Å². The highest BCUT2D eigenvalue weighted by Crippen LogP contribution is 2.26. The van der Waals surface area contributed by atoms with E-state index in [2.05, 4.69) is 37.8 Å². The van der Waals surface area contributed by atoms with Crippen molar-refractivity contribution in [2.75, 3.05) is 33.4 Å². The lowest BCUT2D eigenvalue weighted by Crippen LogP contribution is -2.59. The molecule has 1 aliphatic heterocycles. The van der Waals surface area contributed by atoms with E-state index >= 15 is 0 Å². The van der Waals surface area contributed by atoms with Crippen LogP contribution in [-0.4, -0.2) is 49.9 Å². The summed E-state index contributed by atoms with van der Waals surface area (Å²) in [6, 6.07) is 6.32. The molecule has 1 unspecified atom stereocenters. The number of hydrogen-bond donors (Lipinski definition) is 1. The number of methoxy groups -OCH3 is 1. The first-order chi connectivity index (χ1) is 9.95. The molecule has 1 aromatic carbocycles. The Hall–Kier alpha value is -1.10. The van der Waals surface area contributed by atoms with E-state index in [0.29, 0.717) is 0 Å². The van der Waals surface area contributed by atoms with Crippen molar-refractivity contribution >= 4 is 0 Å². The van der Waals surface area contributed by atoms with Gasteiger partial charge in [-0.2, -0.15) is 0 Å². The summed E-state index contributed by atoms with van der Waals surface area (Å²) in [7, 11) is 1.72. The van der Waals surface area contributed by atoms with Gasteiger partial charge in [0.2, 0.25) is 0 Å². The van der Waals surface area contributed by atoms with Crippen molar-refractivity contribution in [3.05, 3.63) is 29.3 Å². The van der Waals surface area contributed by atoms with Gasteiger partial charge in [0.15, 0.2) is 0 Å². The zero-order valence-corrected chi connectivity index (χ0v) is 13.7. The molecule has 0 aliphatic carbocycles. The maximum atomic E-state index is 6.55. The molecule has 1 aromatic rings. The predicted octanol–water partition coefficient (Wildman–Crippen LogP) is 1.98. The second kappa shape index (κ2) is 6.77. The van der Waals surface area contributed by atoms with E-state index in [0.717, 1.165) is 38.5 Å². The molecule has 4 nitrogen and oxygen atoms in total. The summed E-state index contributed by atoms with van der Waals surface area (Å²) in [5.41, 5.74) is 8.92. The van der Waals surface area contributed by atoms with Gasteiger partial charge in [-0.15, -0.1) is 0 Å². The lowest BCUT2D eigenvalue weighted by atomic mass is 9.87. The van der Waals surface area contributed by atoms with Crippen molar-refractivity contribution in [1.82, 2.24) is 4.90 Å². The Balaban J connectivity index is 2.12. The largest absolute Gasteiger partial charge is 0.496 e. The van der Waals surface area contributed by atoms with Gasteiger partial charge in [-0.1, -0.05) is 17.7 Å². The normalized spacial score (nSPS) is 18.5. The highest BCUT2D eigenvalue weighted by atomic mass is 16.5. The molecular formula is C17H28N2O2. The maximum Gasteiger partial charge on any atom is 0.122 e. The second-order valence-corrected chi connectivity index (χ2v) is 6.38. The SMILES string of the molecule is COc1ccc(C)cc1CC(N)C(C)(C)N1CCOCC1. The summed E-state index contributed by atoms with van der Waals surface area (Å²) >= 11 is 0. The molecule has 1 atom stereocenters. The highest BCUT2D eigenvalue weighted by Gasteiger charge is 2.34. The summed E-state index contributed by atoms with van der Waals surface area (Å²) < 4.78 is 10.9. The molecule has 1 heterocycles. The van der Waals surface area contributed by atoms with Crippen molar-refractivity contribution in [1.29, 1.82) is 0 Å². The molecule has 0 amide bonds. The van der Waals surface area contributed by atoms with E-state index in [1.807, 2.05) is 6.07 Å². The zero-order valence-electron chi connectivity index (χ0n) is 13.7. The van der Waals surface area contributed by atoms with E-state index in [4.69, 9.17) is 15.2 Å². The van der Waals surface area contributed by atoms with Crippen LogP contribution in [0.3, 0.4) is 0 Å². The standard InChI is InChI=1S/C17H28N2O2/c1-13-5-6-15(20-4)14(11-13)12-16(18)17(2,3)19-7-9-21-10-8-19/h5-6,11,16H,7-10,12,18H2,1-4H3. The van der Waals surface area contributed by atoms with E-state index < -0.39 is 0 Å². The number of nitrogens with zero attached hydrogens (tertiary/aromatic N) is 1. The summed E-state index contributed by atoms with van der Waals surface area (Å²) in [5, 5.41) is 0. The van der Waals surface area contributed by atoms with Crippen LogP contribution in [0.25, 0.3) is 0 Å². The highest BCUT2D eigenvalue weighted by molar-refractivity contribution is 5.37. The molecule has 0 aromatic heterocycles. The lowest BCUT2D eigenvalue weighted by molar-refractivity contribution is -0.0186. The quantitative estimate of drug-likeness (QED) is 0.901. The number of nitrogens with two attached hydrogens (primary N) is 1. The lowest BCUT2D eigenvalue weighted by Gasteiger charge is -2.44. The van der Waals surface area contributed by atoms with E-state index in [9.17, 15) is 0 Å². The van der Waals surface area contributed by atoms with Crippen molar-refractivity contribution in [2.24, 2.45) is 5.73 Å². The van der Waals surface area contributed by atoms with Crippen LogP contribution >= 0.6 is 0 Å². The Morgan fingerprint density at radius 3 is 2.62 bits per heavy atom. The van der Waals surface area contributed by atoms with Gasteiger partial charge in [0.05, 0.1) is 20.3 Å². The molecule has 2 N–H and O–H groups in total. The van der Waals surface area contributed by atoms with E-state index in [1.165, 1.54) is 11.1 Å². The third kappa shape index (κ3) is 3.76. The zero-order chi connectivity index (χ0) is 15.5. The molecule has 0 bridgehead atoms. The van der Waals surface area contributed by atoms with E-state index in [1.54, 1.807) is 7.11 Å². The Morgan fingerprint density at radius 2 is 2.00 bits per heavy atom. The first-order valence-corrected chi connectivity index (χ1v) is 7.67. The Kier molecular flexibility index (Phi) is 5.25. The van der Waals surface area contributed by atoms with Gasteiger partial charge in [0, 0.05) is 24.7 Å². The number of benzene rings is 1. The number of morpholine rings is 1. The molecule has 2 rings (SSSR count). The number of hydrogen-bond acceptors (Lipinski definition) is 4. The molecular weight excluding hydrogens is 264 g/mol. The molecule has 0 saturated carbocycles. The van der Waals surface area contributed by atoms with Gasteiger partial charge >= 0.3 is 0 Å². The monoisotopic (exact) mass is 292 g/mol. The van der Waals surface area contributed by atoms with Crippen LogP contribution in [0, 0.1) is 6.92 Å². The predicted molar refractivity (Wildman–Crippen MR) is 85.9 cm³/mol. The molecule has 21 heavy (non-hydrogen) atoms. The van der Waals surface area contributed by atoms with Crippen LogP contribution in [-0.2, 0) is 11.2 Å². The number of rotatable bonds is 5. The van der Waals surface area contributed by atoms with Crippen LogP contribution < -0.4 is 10.5 Å². The van der Waals surface area contributed by atoms with E-state index in [-0.39, 0.29) is 11.6 Å². The third-order valence-corrected chi connectivity index (χ3v) is 4.61. The summed E-state index contributed by atoms with van der Waals surface area (Å²) in [5.74, 6) is 0.925. The summed E-state index contributed by atoms with van der Waals surface area (Å²) in [6.45, 7) is 10.0. The molecule has 1 saturated heterocycles. The minimum absolute atomic E-state index is 0.0475. The fourth-order valence-electron chi connectivity index (χ4n) is 2.93. The fourth-order valence-corrected chi connectivity index (χ4v) is 2.93. The average Bonchev–Trinajstić information content (AvgIpc) is 2.48. The van der Waals surface area contributed by atoms with Crippen molar-refractivity contribution in [3.8, 4) is 5.75 Å². The minimum Gasteiger partial charge on any atom is -0.496 e. The summed E-state index contributed by atoms with van der Waals surface area (Å²) in [6.07, 6.45) is 0.815. The molecule has 4 heteroatoms. The van der Waals surface area contributed by atoms with Gasteiger partial charge in [-0.3, -0.25) is 4.90 Å². The third-order valence-electron chi connectivity index (χ3n) is 4.61. The van der Waals surface area contributed by atoms with Gasteiger partial charge in [0.25, 0.3) is 0 Å². The van der Waals surface area contributed by atoms with Crippen molar-refractivity contribution in [2.45, 2.75) is 38.8 Å². The van der Waals surface area contributed by atoms with Gasteiger partial charge < -0.3 is 15.2 Å². The van der Waals surface area contributed by atoms with Gasteiger partial charge in [-0.25, -0.2) is 0 Å². The van der Waals surface area contributed by atoms with Gasteiger partial charge in [0.1, 0.15) is 5.75 Å². The minimum atomic E-state index is -0.0570. The average molecular weight is 292 g/mol.